The second-order valence-electron chi connectivity index (χ2n) is 4.81. The molecule has 1 aliphatic carbocycles. The van der Waals surface area contributed by atoms with Crippen LogP contribution in [0.3, 0.4) is 0 Å². The number of aromatic nitrogens is 3. The number of halogens is 1. The van der Waals surface area contributed by atoms with Gasteiger partial charge in [-0.1, -0.05) is 29.8 Å². The van der Waals surface area contributed by atoms with Crippen molar-refractivity contribution in [2.45, 2.75) is 30.5 Å². The molecule has 20 heavy (non-hydrogen) atoms. The van der Waals surface area contributed by atoms with Crippen molar-refractivity contribution in [1.82, 2.24) is 14.8 Å². The molecule has 1 saturated carbocycles. The van der Waals surface area contributed by atoms with Crippen LogP contribution in [0.1, 0.15) is 30.3 Å². The van der Waals surface area contributed by atoms with Gasteiger partial charge in [-0.25, -0.2) is 13.6 Å². The molecule has 0 unspecified atom stereocenters. The van der Waals surface area contributed by atoms with Gasteiger partial charge in [-0.15, -0.1) is 10.2 Å². The van der Waals surface area contributed by atoms with Crippen molar-refractivity contribution < 1.29 is 8.42 Å². The Balaban J connectivity index is 2.03. The minimum absolute atomic E-state index is 0.121. The van der Waals surface area contributed by atoms with Gasteiger partial charge in [-0.05, 0) is 24.5 Å². The lowest BCUT2D eigenvalue weighted by molar-refractivity contribution is 0.560. The normalized spacial score (nSPS) is 15.5. The topological polar surface area (TPSA) is 90.9 Å². The molecule has 2 aromatic rings. The molecular formula is C12H13ClN4O2S. The van der Waals surface area contributed by atoms with Crippen LogP contribution in [0.5, 0.6) is 0 Å². The lowest BCUT2D eigenvalue weighted by Gasteiger charge is -2.08. The van der Waals surface area contributed by atoms with Crippen molar-refractivity contribution in [2.24, 2.45) is 5.14 Å². The largest absolute Gasteiger partial charge is 0.297 e. The molecule has 2 N–H and O–H groups in total. The molecule has 6 nitrogen and oxygen atoms in total. The molecule has 0 aliphatic heterocycles. The number of sulfonamides is 1. The van der Waals surface area contributed by atoms with E-state index in [1.54, 1.807) is 10.6 Å². The molecule has 0 bridgehead atoms. The standard InChI is InChI=1S/C12H13ClN4O2S/c13-10-4-2-1-3-8(10)7-11-15-16-12(20(14,18)19)17(11)9-5-6-9/h1-4,9H,5-7H2,(H2,14,18,19). The van der Waals surface area contributed by atoms with E-state index in [0.717, 1.165) is 18.4 Å². The van der Waals surface area contributed by atoms with Crippen molar-refractivity contribution in [3.63, 3.8) is 0 Å². The van der Waals surface area contributed by atoms with E-state index in [1.165, 1.54) is 0 Å². The first-order chi connectivity index (χ1) is 9.47. The highest BCUT2D eigenvalue weighted by Gasteiger charge is 2.33. The van der Waals surface area contributed by atoms with Gasteiger partial charge in [0.1, 0.15) is 5.82 Å². The number of nitrogens with zero attached hydrogens (tertiary/aromatic N) is 3. The SMILES string of the molecule is NS(=O)(=O)c1nnc(Cc2ccccc2Cl)n1C1CC1. The molecule has 0 atom stereocenters. The predicted octanol–water partition coefficient (Wildman–Crippen LogP) is 1.50. The minimum atomic E-state index is -3.86. The molecule has 1 aromatic carbocycles. The average molecular weight is 313 g/mol. The maximum absolute atomic E-state index is 11.5. The van der Waals surface area contributed by atoms with Crippen LogP contribution in [0.4, 0.5) is 0 Å². The van der Waals surface area contributed by atoms with Gasteiger partial charge in [-0.2, -0.15) is 0 Å². The van der Waals surface area contributed by atoms with Gasteiger partial charge in [0.25, 0.3) is 15.2 Å². The molecule has 1 fully saturated rings. The van der Waals surface area contributed by atoms with Crippen LogP contribution in [-0.2, 0) is 16.4 Å². The first-order valence-corrected chi connectivity index (χ1v) is 8.09. The van der Waals surface area contributed by atoms with Gasteiger partial charge >= 0.3 is 0 Å². The second-order valence-corrected chi connectivity index (χ2v) is 6.68. The lowest BCUT2D eigenvalue weighted by atomic mass is 10.1. The Labute approximate surface area is 121 Å². The van der Waals surface area contributed by atoms with E-state index in [9.17, 15) is 8.42 Å². The summed E-state index contributed by atoms with van der Waals surface area (Å²) in [6.45, 7) is 0. The fraction of sp³-hybridized carbons (Fsp3) is 0.333. The summed E-state index contributed by atoms with van der Waals surface area (Å²) in [6.07, 6.45) is 2.25. The highest BCUT2D eigenvalue weighted by Crippen LogP contribution is 2.38. The van der Waals surface area contributed by atoms with E-state index in [0.29, 0.717) is 17.3 Å². The van der Waals surface area contributed by atoms with Gasteiger partial charge in [-0.3, -0.25) is 4.57 Å². The van der Waals surface area contributed by atoms with E-state index < -0.39 is 10.0 Å². The zero-order valence-corrected chi connectivity index (χ0v) is 12.1. The van der Waals surface area contributed by atoms with Gasteiger partial charge in [0.2, 0.25) is 0 Å². The summed E-state index contributed by atoms with van der Waals surface area (Å²) in [5.41, 5.74) is 0.879. The third-order valence-electron chi connectivity index (χ3n) is 3.21. The zero-order valence-electron chi connectivity index (χ0n) is 10.5. The summed E-state index contributed by atoms with van der Waals surface area (Å²) in [5, 5.41) is 13.3. The summed E-state index contributed by atoms with van der Waals surface area (Å²) >= 11 is 6.12. The molecule has 1 aliphatic rings. The van der Waals surface area contributed by atoms with Crippen LogP contribution in [-0.4, -0.2) is 23.2 Å². The quantitative estimate of drug-likeness (QED) is 0.926. The van der Waals surface area contributed by atoms with Crippen LogP contribution in [0.25, 0.3) is 0 Å². The summed E-state index contributed by atoms with van der Waals surface area (Å²) in [4.78, 5) is 0. The highest BCUT2D eigenvalue weighted by molar-refractivity contribution is 7.89. The van der Waals surface area contributed by atoms with Gasteiger partial charge in [0, 0.05) is 17.5 Å². The van der Waals surface area contributed by atoms with E-state index in [2.05, 4.69) is 10.2 Å². The number of rotatable bonds is 4. The van der Waals surface area contributed by atoms with Crippen LogP contribution >= 0.6 is 11.6 Å². The second kappa shape index (κ2) is 4.83. The Morgan fingerprint density at radius 2 is 2.00 bits per heavy atom. The Bertz CT molecular complexity index is 753. The van der Waals surface area contributed by atoms with Crippen LogP contribution in [0, 0.1) is 0 Å². The summed E-state index contributed by atoms with van der Waals surface area (Å²) in [7, 11) is -3.86. The third-order valence-corrected chi connectivity index (χ3v) is 4.36. The van der Waals surface area contributed by atoms with Gasteiger partial charge in [0.15, 0.2) is 0 Å². The van der Waals surface area contributed by atoms with Crippen LogP contribution in [0.15, 0.2) is 29.4 Å². The fourth-order valence-corrected chi connectivity index (χ4v) is 3.02. The maximum atomic E-state index is 11.5. The molecule has 1 heterocycles. The summed E-state index contributed by atoms with van der Waals surface area (Å²) in [6, 6.07) is 7.50. The van der Waals surface area contributed by atoms with Crippen molar-refractivity contribution in [2.75, 3.05) is 0 Å². The Hall–Kier alpha value is -1.44. The zero-order chi connectivity index (χ0) is 14.3. The monoisotopic (exact) mass is 312 g/mol. The molecule has 106 valence electrons. The molecule has 0 radical (unpaired) electrons. The molecule has 1 aromatic heterocycles. The molecule has 0 amide bonds. The number of hydrogen-bond donors (Lipinski definition) is 1. The van der Waals surface area contributed by atoms with Gasteiger partial charge < -0.3 is 0 Å². The fourth-order valence-electron chi connectivity index (χ4n) is 2.13. The van der Waals surface area contributed by atoms with Crippen molar-refractivity contribution >= 4 is 21.6 Å². The number of benzene rings is 1. The summed E-state index contributed by atoms with van der Waals surface area (Å²) in [5.74, 6) is 0.574. The number of nitrogens with two attached hydrogens (primary N) is 1. The third kappa shape index (κ3) is 2.56. The Morgan fingerprint density at radius 3 is 2.60 bits per heavy atom. The lowest BCUT2D eigenvalue weighted by Crippen LogP contribution is -2.19. The molecule has 0 spiro atoms. The molecular weight excluding hydrogens is 300 g/mol. The van der Waals surface area contributed by atoms with Crippen molar-refractivity contribution in [3.8, 4) is 0 Å². The smallest absolute Gasteiger partial charge is 0.273 e. The minimum Gasteiger partial charge on any atom is -0.297 e. The van der Waals surface area contributed by atoms with E-state index >= 15 is 0 Å². The summed E-state index contributed by atoms with van der Waals surface area (Å²) < 4.78 is 24.7. The predicted molar refractivity (Wildman–Crippen MR) is 73.9 cm³/mol. The number of hydrogen-bond acceptors (Lipinski definition) is 4. The van der Waals surface area contributed by atoms with Gasteiger partial charge in [0.05, 0.1) is 0 Å². The maximum Gasteiger partial charge on any atom is 0.273 e. The first-order valence-electron chi connectivity index (χ1n) is 6.17. The van der Waals surface area contributed by atoms with Crippen molar-refractivity contribution in [3.05, 3.63) is 40.7 Å². The van der Waals surface area contributed by atoms with E-state index in [4.69, 9.17) is 16.7 Å². The molecule has 0 saturated heterocycles. The Morgan fingerprint density at radius 1 is 1.30 bits per heavy atom. The molecule has 3 rings (SSSR count). The molecule has 8 heteroatoms. The van der Waals surface area contributed by atoms with Crippen LogP contribution < -0.4 is 5.14 Å². The number of primary sulfonamides is 1. The highest BCUT2D eigenvalue weighted by atomic mass is 35.5. The first kappa shape index (κ1) is 13.5. The Kier molecular flexibility index (Phi) is 3.27. The average Bonchev–Trinajstić information content (AvgIpc) is 3.12. The van der Waals surface area contributed by atoms with Crippen LogP contribution in [0.2, 0.25) is 5.02 Å². The van der Waals surface area contributed by atoms with E-state index in [1.807, 2.05) is 18.2 Å². The van der Waals surface area contributed by atoms with E-state index in [-0.39, 0.29) is 11.2 Å². The van der Waals surface area contributed by atoms with Crippen molar-refractivity contribution in [1.29, 1.82) is 0 Å².